The fraction of sp³-hybridized carbons (Fsp3) is 0.280. The third-order valence-corrected chi connectivity index (χ3v) is 4.60. The number of unbranched alkanes of at least 4 members (excludes halogenated alkanes) is 1. The van der Waals surface area contributed by atoms with Gasteiger partial charge in [-0.05, 0) is 49.2 Å². The van der Waals surface area contributed by atoms with Crippen LogP contribution >= 0.6 is 0 Å². The van der Waals surface area contributed by atoms with E-state index in [4.69, 9.17) is 4.74 Å². The molecule has 28 heavy (non-hydrogen) atoms. The predicted molar refractivity (Wildman–Crippen MR) is 119 cm³/mol. The van der Waals surface area contributed by atoms with Crippen molar-refractivity contribution in [3.8, 4) is 5.75 Å². The van der Waals surface area contributed by atoms with E-state index in [0.29, 0.717) is 0 Å². The molecule has 3 heteroatoms. The number of anilines is 3. The van der Waals surface area contributed by atoms with Gasteiger partial charge in [0.2, 0.25) is 0 Å². The zero-order valence-corrected chi connectivity index (χ0v) is 17.2. The van der Waals surface area contributed by atoms with E-state index in [1.54, 1.807) is 0 Å². The normalized spacial score (nSPS) is 11.2. The average molecular weight is 376 g/mol. The zero-order chi connectivity index (χ0) is 19.8. The maximum absolute atomic E-state index is 6.05. The first-order valence-electron chi connectivity index (χ1n) is 9.96. The van der Waals surface area contributed by atoms with E-state index in [1.165, 1.54) is 13.0 Å². The highest BCUT2D eigenvalue weighted by atomic mass is 16.5. The van der Waals surface area contributed by atoms with Crippen LogP contribution < -0.4 is 9.64 Å². The molecule has 0 unspecified atom stereocenters. The molecule has 0 aromatic heterocycles. The number of hydrogen-bond acceptors (Lipinski definition) is 2. The van der Waals surface area contributed by atoms with Crippen LogP contribution in [-0.2, 0) is 0 Å². The van der Waals surface area contributed by atoms with Crippen LogP contribution in [-0.4, -0.2) is 38.8 Å². The maximum Gasteiger partial charge on any atom is 0.121 e. The van der Waals surface area contributed by atoms with Crippen LogP contribution in [0.25, 0.3) is 0 Å². The topological polar surface area (TPSA) is 12.5 Å². The highest BCUT2D eigenvalue weighted by Crippen LogP contribution is 2.35. The molecule has 0 atom stereocenters. The molecule has 3 aromatic rings. The second kappa shape index (κ2) is 9.43. The summed E-state index contributed by atoms with van der Waals surface area (Å²) in [5, 5.41) is 0. The number of quaternary nitrogens is 1. The first-order chi connectivity index (χ1) is 13.5. The first kappa shape index (κ1) is 20.0. The lowest BCUT2D eigenvalue weighted by atomic mass is 10.2. The van der Waals surface area contributed by atoms with Crippen molar-refractivity contribution in [3.05, 3.63) is 84.9 Å². The molecular formula is C25H31N2O+. The molecule has 3 rings (SSSR count). The fourth-order valence-electron chi connectivity index (χ4n) is 3.19. The number of benzene rings is 3. The van der Waals surface area contributed by atoms with E-state index in [1.807, 2.05) is 18.2 Å². The van der Waals surface area contributed by atoms with Gasteiger partial charge in [0.25, 0.3) is 0 Å². The van der Waals surface area contributed by atoms with Crippen LogP contribution in [0.5, 0.6) is 5.75 Å². The van der Waals surface area contributed by atoms with Crippen LogP contribution in [0.3, 0.4) is 0 Å². The molecule has 0 heterocycles. The standard InChI is InChI=1S/C25H31N2O/c1-27(2,3)19-10-11-20-28-25-18-12-17-24(21-25)26(22-13-6-4-7-14-22)23-15-8-5-9-16-23/h4-9,12-18,21H,10-11,19-20H2,1-3H3/q+1. The summed E-state index contributed by atoms with van der Waals surface area (Å²) in [7, 11) is 6.68. The van der Waals surface area contributed by atoms with Crippen LogP contribution in [0.1, 0.15) is 12.8 Å². The number of hydrogen-bond donors (Lipinski definition) is 0. The number of nitrogens with zero attached hydrogens (tertiary/aromatic N) is 2. The lowest BCUT2D eigenvalue weighted by Crippen LogP contribution is -2.35. The van der Waals surface area contributed by atoms with Gasteiger partial charge in [-0.25, -0.2) is 0 Å². The second-order valence-electron chi connectivity index (χ2n) is 8.07. The van der Waals surface area contributed by atoms with Gasteiger partial charge in [-0.15, -0.1) is 0 Å². The summed E-state index contributed by atoms with van der Waals surface area (Å²) in [6.07, 6.45) is 2.24. The van der Waals surface area contributed by atoms with Crippen molar-refractivity contribution >= 4 is 17.1 Å². The third kappa shape index (κ3) is 5.86. The summed E-state index contributed by atoms with van der Waals surface area (Å²) in [5.74, 6) is 0.916. The van der Waals surface area contributed by atoms with Gasteiger partial charge in [0.1, 0.15) is 5.75 Å². The lowest BCUT2D eigenvalue weighted by Gasteiger charge is -2.26. The Morgan fingerprint density at radius 3 is 1.82 bits per heavy atom. The van der Waals surface area contributed by atoms with Crippen molar-refractivity contribution in [2.45, 2.75) is 12.8 Å². The summed E-state index contributed by atoms with van der Waals surface area (Å²) in [6.45, 7) is 1.92. The Balaban J connectivity index is 1.74. The molecule has 0 spiro atoms. The summed E-state index contributed by atoms with van der Waals surface area (Å²) in [5.41, 5.74) is 3.36. The summed E-state index contributed by atoms with van der Waals surface area (Å²) in [4.78, 5) is 2.25. The summed E-state index contributed by atoms with van der Waals surface area (Å²) >= 11 is 0. The first-order valence-corrected chi connectivity index (χ1v) is 9.96. The molecule has 0 N–H and O–H groups in total. The van der Waals surface area contributed by atoms with Gasteiger partial charge >= 0.3 is 0 Å². The van der Waals surface area contributed by atoms with Crippen molar-refractivity contribution < 1.29 is 9.22 Å². The van der Waals surface area contributed by atoms with Gasteiger partial charge in [-0.3, -0.25) is 0 Å². The van der Waals surface area contributed by atoms with E-state index < -0.39 is 0 Å². The Labute approximate surface area is 169 Å². The molecular weight excluding hydrogens is 344 g/mol. The van der Waals surface area contributed by atoms with Crippen LogP contribution in [0.2, 0.25) is 0 Å². The Hall–Kier alpha value is -2.78. The van der Waals surface area contributed by atoms with Crippen molar-refractivity contribution in [2.75, 3.05) is 39.2 Å². The van der Waals surface area contributed by atoms with E-state index in [0.717, 1.165) is 40.3 Å². The minimum Gasteiger partial charge on any atom is -0.494 e. The molecule has 0 amide bonds. The predicted octanol–water partition coefficient (Wildman–Crippen LogP) is 6.02. The van der Waals surface area contributed by atoms with E-state index in [9.17, 15) is 0 Å². The minimum atomic E-state index is 0.750. The molecule has 3 aromatic carbocycles. The molecule has 0 saturated heterocycles. The lowest BCUT2D eigenvalue weighted by molar-refractivity contribution is -0.870. The quantitative estimate of drug-likeness (QED) is 0.335. The van der Waals surface area contributed by atoms with Gasteiger partial charge < -0.3 is 14.1 Å². The van der Waals surface area contributed by atoms with Gasteiger partial charge in [0.15, 0.2) is 0 Å². The summed E-state index contributed by atoms with van der Waals surface area (Å²) < 4.78 is 7.05. The van der Waals surface area contributed by atoms with Crippen molar-refractivity contribution in [1.82, 2.24) is 0 Å². The molecule has 0 radical (unpaired) electrons. The van der Waals surface area contributed by atoms with E-state index in [-0.39, 0.29) is 0 Å². The molecule has 0 aliphatic heterocycles. The molecule has 0 saturated carbocycles. The Morgan fingerprint density at radius 2 is 1.25 bits per heavy atom. The average Bonchev–Trinajstić information content (AvgIpc) is 2.69. The van der Waals surface area contributed by atoms with Crippen molar-refractivity contribution in [2.24, 2.45) is 0 Å². The number of ether oxygens (including phenoxy) is 1. The molecule has 0 aliphatic carbocycles. The van der Waals surface area contributed by atoms with Crippen molar-refractivity contribution in [3.63, 3.8) is 0 Å². The van der Waals surface area contributed by atoms with Crippen LogP contribution in [0.15, 0.2) is 84.9 Å². The highest BCUT2D eigenvalue weighted by molar-refractivity contribution is 5.76. The highest BCUT2D eigenvalue weighted by Gasteiger charge is 2.12. The molecule has 146 valence electrons. The number of rotatable bonds is 9. The zero-order valence-electron chi connectivity index (χ0n) is 17.2. The van der Waals surface area contributed by atoms with Crippen molar-refractivity contribution in [1.29, 1.82) is 0 Å². The van der Waals surface area contributed by atoms with Gasteiger partial charge in [-0.1, -0.05) is 42.5 Å². The fourth-order valence-corrected chi connectivity index (χ4v) is 3.19. The third-order valence-electron chi connectivity index (χ3n) is 4.60. The van der Waals surface area contributed by atoms with Crippen LogP contribution in [0.4, 0.5) is 17.1 Å². The second-order valence-corrected chi connectivity index (χ2v) is 8.07. The van der Waals surface area contributed by atoms with Gasteiger partial charge in [0, 0.05) is 23.1 Å². The van der Waals surface area contributed by atoms with Gasteiger partial charge in [-0.2, -0.15) is 0 Å². The Bertz CT molecular complexity index is 802. The Kier molecular flexibility index (Phi) is 6.72. The van der Waals surface area contributed by atoms with Gasteiger partial charge in [0.05, 0.1) is 34.3 Å². The maximum atomic E-state index is 6.05. The number of para-hydroxylation sites is 2. The van der Waals surface area contributed by atoms with E-state index >= 15 is 0 Å². The monoisotopic (exact) mass is 375 g/mol. The van der Waals surface area contributed by atoms with E-state index in [2.05, 4.69) is 92.8 Å². The summed E-state index contributed by atoms with van der Waals surface area (Å²) in [6, 6.07) is 29.2. The molecule has 0 fully saturated rings. The molecule has 0 aliphatic rings. The van der Waals surface area contributed by atoms with Crippen LogP contribution in [0, 0.1) is 0 Å². The molecule has 0 bridgehead atoms. The molecule has 3 nitrogen and oxygen atoms in total. The SMILES string of the molecule is C[N+](C)(C)CCCCOc1cccc(N(c2ccccc2)c2ccccc2)c1. The Morgan fingerprint density at radius 1 is 0.679 bits per heavy atom. The smallest absolute Gasteiger partial charge is 0.121 e. The minimum absolute atomic E-state index is 0.750. The largest absolute Gasteiger partial charge is 0.494 e.